The molecule has 1 saturated heterocycles. The summed E-state index contributed by atoms with van der Waals surface area (Å²) in [5.41, 5.74) is 8.44. The van der Waals surface area contributed by atoms with Crippen LogP contribution in [0.15, 0.2) is 36.5 Å². The molecule has 2 unspecified atom stereocenters. The maximum atomic E-state index is 6.07. The number of hydrogen-bond donors (Lipinski definition) is 1. The Morgan fingerprint density at radius 1 is 1.37 bits per heavy atom. The first-order chi connectivity index (χ1) is 9.31. The summed E-state index contributed by atoms with van der Waals surface area (Å²) >= 11 is 0. The van der Waals surface area contributed by atoms with Crippen molar-refractivity contribution in [3.8, 4) is 0 Å². The number of nitrogens with zero attached hydrogens (tertiary/aromatic N) is 2. The van der Waals surface area contributed by atoms with Crippen molar-refractivity contribution in [1.29, 1.82) is 0 Å². The molecule has 0 spiro atoms. The molecule has 1 aromatic carbocycles. The first-order valence-electron chi connectivity index (χ1n) is 7.10. The molecule has 0 radical (unpaired) electrons. The van der Waals surface area contributed by atoms with E-state index in [1.165, 1.54) is 23.8 Å². The van der Waals surface area contributed by atoms with Crippen molar-refractivity contribution < 1.29 is 0 Å². The molecule has 3 rings (SSSR count). The van der Waals surface area contributed by atoms with Crippen LogP contribution in [0.4, 0.5) is 0 Å². The number of para-hydroxylation sites is 1. The molecule has 2 aromatic rings. The average Bonchev–Trinajstić information content (AvgIpc) is 2.86. The van der Waals surface area contributed by atoms with E-state index in [9.17, 15) is 0 Å². The molecule has 2 atom stereocenters. The van der Waals surface area contributed by atoms with Gasteiger partial charge in [-0.05, 0) is 37.9 Å². The van der Waals surface area contributed by atoms with Gasteiger partial charge < -0.3 is 5.73 Å². The minimum absolute atomic E-state index is 0.288. The highest BCUT2D eigenvalue weighted by Crippen LogP contribution is 2.31. The molecule has 2 N–H and O–H groups in total. The number of likely N-dealkylation sites (tertiary alicyclic amines) is 1. The van der Waals surface area contributed by atoms with Crippen molar-refractivity contribution in [2.24, 2.45) is 5.73 Å². The van der Waals surface area contributed by atoms with Crippen LogP contribution < -0.4 is 5.73 Å². The summed E-state index contributed by atoms with van der Waals surface area (Å²) in [4.78, 5) is 7.10. The van der Waals surface area contributed by atoms with E-state index in [1.807, 2.05) is 12.3 Å². The maximum Gasteiger partial charge on any atom is 0.0750 e. The number of fused-ring (bicyclic) bond motifs is 1. The molecule has 19 heavy (non-hydrogen) atoms. The van der Waals surface area contributed by atoms with Gasteiger partial charge in [0.1, 0.15) is 0 Å². The molecule has 0 aliphatic carbocycles. The predicted molar refractivity (Wildman–Crippen MR) is 78.9 cm³/mol. The molecule has 0 amide bonds. The fourth-order valence-electron chi connectivity index (χ4n) is 3.26. The first kappa shape index (κ1) is 12.6. The number of pyridine rings is 1. The smallest absolute Gasteiger partial charge is 0.0750 e. The number of benzene rings is 1. The molecule has 0 bridgehead atoms. The van der Waals surface area contributed by atoms with Crippen molar-refractivity contribution in [3.63, 3.8) is 0 Å². The Labute approximate surface area is 114 Å². The van der Waals surface area contributed by atoms with E-state index in [0.29, 0.717) is 12.6 Å². The molecule has 1 fully saturated rings. The molecule has 1 aliphatic heterocycles. The third-order valence-electron chi connectivity index (χ3n) is 4.25. The fraction of sp³-hybridized carbons (Fsp3) is 0.438. The summed E-state index contributed by atoms with van der Waals surface area (Å²) in [7, 11) is 0. The Morgan fingerprint density at radius 3 is 2.95 bits per heavy atom. The largest absolute Gasteiger partial charge is 0.329 e. The Balaban J connectivity index is 2.06. The standard InChI is InChI=1S/C16H21N3/c1-12-5-4-10-19(12)15(11-17)14-8-2-6-13-7-3-9-18-16(13)14/h2-3,6-9,12,15H,4-5,10-11,17H2,1H3. The van der Waals surface area contributed by atoms with Gasteiger partial charge in [0.25, 0.3) is 0 Å². The lowest BCUT2D eigenvalue weighted by Gasteiger charge is -2.31. The molecular formula is C16H21N3. The maximum absolute atomic E-state index is 6.07. The van der Waals surface area contributed by atoms with Gasteiger partial charge in [0.05, 0.1) is 5.52 Å². The zero-order valence-electron chi connectivity index (χ0n) is 11.4. The number of rotatable bonds is 3. The van der Waals surface area contributed by atoms with E-state index in [2.05, 4.69) is 41.1 Å². The summed E-state index contributed by atoms with van der Waals surface area (Å²) in [5, 5.41) is 1.20. The number of aromatic nitrogens is 1. The van der Waals surface area contributed by atoms with Crippen molar-refractivity contribution >= 4 is 10.9 Å². The monoisotopic (exact) mass is 255 g/mol. The second-order valence-corrected chi connectivity index (χ2v) is 5.40. The molecule has 2 heterocycles. The Morgan fingerprint density at radius 2 is 2.21 bits per heavy atom. The lowest BCUT2D eigenvalue weighted by Crippen LogP contribution is -2.36. The minimum Gasteiger partial charge on any atom is -0.329 e. The highest BCUT2D eigenvalue weighted by molar-refractivity contribution is 5.82. The van der Waals surface area contributed by atoms with E-state index in [-0.39, 0.29) is 6.04 Å². The van der Waals surface area contributed by atoms with E-state index in [4.69, 9.17) is 5.73 Å². The summed E-state index contributed by atoms with van der Waals surface area (Å²) < 4.78 is 0. The molecule has 3 heteroatoms. The fourth-order valence-corrected chi connectivity index (χ4v) is 3.26. The van der Waals surface area contributed by atoms with Gasteiger partial charge in [-0.15, -0.1) is 0 Å². The van der Waals surface area contributed by atoms with Gasteiger partial charge >= 0.3 is 0 Å². The van der Waals surface area contributed by atoms with E-state index in [0.717, 1.165) is 12.1 Å². The van der Waals surface area contributed by atoms with E-state index >= 15 is 0 Å². The zero-order chi connectivity index (χ0) is 13.2. The Hall–Kier alpha value is -1.45. The Bertz CT molecular complexity index is 561. The van der Waals surface area contributed by atoms with Gasteiger partial charge in [-0.1, -0.05) is 24.3 Å². The second-order valence-electron chi connectivity index (χ2n) is 5.40. The van der Waals surface area contributed by atoms with Gasteiger partial charge in [-0.3, -0.25) is 9.88 Å². The summed E-state index contributed by atoms with van der Waals surface area (Å²) in [5.74, 6) is 0. The van der Waals surface area contributed by atoms with Crippen molar-refractivity contribution in [2.75, 3.05) is 13.1 Å². The molecule has 3 nitrogen and oxygen atoms in total. The lowest BCUT2D eigenvalue weighted by atomic mass is 10.0. The van der Waals surface area contributed by atoms with Crippen LogP contribution in [0, 0.1) is 0 Å². The highest BCUT2D eigenvalue weighted by Gasteiger charge is 2.28. The van der Waals surface area contributed by atoms with Gasteiger partial charge in [0.2, 0.25) is 0 Å². The van der Waals surface area contributed by atoms with Crippen LogP contribution in [-0.2, 0) is 0 Å². The van der Waals surface area contributed by atoms with Gasteiger partial charge in [0, 0.05) is 30.2 Å². The summed E-state index contributed by atoms with van der Waals surface area (Å²) in [6.45, 7) is 4.10. The van der Waals surface area contributed by atoms with Crippen molar-refractivity contribution in [1.82, 2.24) is 9.88 Å². The third kappa shape index (κ3) is 2.24. The van der Waals surface area contributed by atoms with Crippen LogP contribution in [-0.4, -0.2) is 29.0 Å². The topological polar surface area (TPSA) is 42.1 Å². The minimum atomic E-state index is 0.288. The summed E-state index contributed by atoms with van der Waals surface area (Å²) in [6.07, 6.45) is 4.41. The Kier molecular flexibility index (Phi) is 3.49. The molecule has 1 aromatic heterocycles. The van der Waals surface area contributed by atoms with Crippen LogP contribution >= 0.6 is 0 Å². The average molecular weight is 255 g/mol. The number of hydrogen-bond acceptors (Lipinski definition) is 3. The van der Waals surface area contributed by atoms with Crippen LogP contribution in [0.25, 0.3) is 10.9 Å². The van der Waals surface area contributed by atoms with Crippen molar-refractivity contribution in [3.05, 3.63) is 42.1 Å². The SMILES string of the molecule is CC1CCCN1C(CN)c1cccc2cccnc12. The summed E-state index contributed by atoms with van der Waals surface area (Å²) in [6, 6.07) is 11.4. The van der Waals surface area contributed by atoms with Crippen LogP contribution in [0.3, 0.4) is 0 Å². The van der Waals surface area contributed by atoms with Gasteiger partial charge in [-0.25, -0.2) is 0 Å². The van der Waals surface area contributed by atoms with Gasteiger partial charge in [0.15, 0.2) is 0 Å². The molecule has 100 valence electrons. The number of nitrogens with two attached hydrogens (primary N) is 1. The van der Waals surface area contributed by atoms with E-state index < -0.39 is 0 Å². The quantitative estimate of drug-likeness (QED) is 0.917. The molecular weight excluding hydrogens is 234 g/mol. The van der Waals surface area contributed by atoms with Crippen molar-refractivity contribution in [2.45, 2.75) is 31.8 Å². The van der Waals surface area contributed by atoms with Crippen LogP contribution in [0.1, 0.15) is 31.4 Å². The lowest BCUT2D eigenvalue weighted by molar-refractivity contribution is 0.196. The normalized spacial score (nSPS) is 21.9. The van der Waals surface area contributed by atoms with Crippen LogP contribution in [0.2, 0.25) is 0 Å². The van der Waals surface area contributed by atoms with Gasteiger partial charge in [-0.2, -0.15) is 0 Å². The zero-order valence-corrected chi connectivity index (χ0v) is 11.4. The second kappa shape index (κ2) is 5.27. The van der Waals surface area contributed by atoms with E-state index in [1.54, 1.807) is 0 Å². The third-order valence-corrected chi connectivity index (χ3v) is 4.25. The predicted octanol–water partition coefficient (Wildman–Crippen LogP) is 2.72. The first-order valence-corrected chi connectivity index (χ1v) is 7.10. The van der Waals surface area contributed by atoms with Crippen LogP contribution in [0.5, 0.6) is 0 Å². The highest BCUT2D eigenvalue weighted by atomic mass is 15.2. The molecule has 0 saturated carbocycles. The molecule has 1 aliphatic rings.